The number of hydrogen-bond acceptors (Lipinski definition) is 6. The van der Waals surface area contributed by atoms with Gasteiger partial charge in [0.15, 0.2) is 6.10 Å². The van der Waals surface area contributed by atoms with E-state index in [1.165, 1.54) is 161 Å². The molecule has 1 unspecified atom stereocenters. The molecule has 0 amide bonds. The van der Waals surface area contributed by atoms with Gasteiger partial charge in [0.25, 0.3) is 0 Å². The lowest BCUT2D eigenvalue weighted by Crippen LogP contribution is -2.30. The molecule has 0 N–H and O–H groups in total. The summed E-state index contributed by atoms with van der Waals surface area (Å²) in [4.78, 5) is 38.0. The van der Waals surface area contributed by atoms with Gasteiger partial charge in [-0.05, 0) is 89.9 Å². The predicted octanol–water partition coefficient (Wildman–Crippen LogP) is 18.0. The molecule has 0 aromatic rings. The number of esters is 3. The molecule has 0 bridgehead atoms. The first-order valence-electron chi connectivity index (χ1n) is 27.3. The Morgan fingerprint density at radius 1 is 0.328 bits per heavy atom. The maximum absolute atomic E-state index is 12.8. The Balaban J connectivity index is 4.41. The SMILES string of the molecule is CCCCC/C=C\C=C/CCCCCCCCCCCCC(=O)OCC(COC(=O)CC/C=C\C/C=C\CCCCCCCC)OC(=O)CCCCC/C=C\CCCCCCCCC. The van der Waals surface area contributed by atoms with Gasteiger partial charge in [0, 0.05) is 19.3 Å². The van der Waals surface area contributed by atoms with E-state index in [0.29, 0.717) is 19.3 Å². The van der Waals surface area contributed by atoms with Crippen molar-refractivity contribution in [3.63, 3.8) is 0 Å². The minimum Gasteiger partial charge on any atom is -0.462 e. The molecule has 0 aliphatic rings. The van der Waals surface area contributed by atoms with E-state index in [1.807, 2.05) is 6.08 Å². The van der Waals surface area contributed by atoms with Gasteiger partial charge in [-0.25, -0.2) is 0 Å². The molecular formula is C58H102O6. The van der Waals surface area contributed by atoms with Gasteiger partial charge in [-0.15, -0.1) is 0 Å². The van der Waals surface area contributed by atoms with Crippen LogP contribution < -0.4 is 0 Å². The Morgan fingerprint density at radius 3 is 1.11 bits per heavy atom. The first-order chi connectivity index (χ1) is 31.5. The molecule has 0 aromatic carbocycles. The first-order valence-corrected chi connectivity index (χ1v) is 27.3. The van der Waals surface area contributed by atoms with Gasteiger partial charge >= 0.3 is 17.9 Å². The van der Waals surface area contributed by atoms with Crippen LogP contribution in [0.3, 0.4) is 0 Å². The average Bonchev–Trinajstić information content (AvgIpc) is 3.29. The summed E-state index contributed by atoms with van der Waals surface area (Å²) in [5.41, 5.74) is 0. The van der Waals surface area contributed by atoms with Crippen LogP contribution in [0, 0.1) is 0 Å². The van der Waals surface area contributed by atoms with Gasteiger partial charge in [0.2, 0.25) is 0 Å². The van der Waals surface area contributed by atoms with E-state index in [-0.39, 0.29) is 37.5 Å². The van der Waals surface area contributed by atoms with Crippen LogP contribution >= 0.6 is 0 Å². The standard InChI is InChI=1S/C58H102O6/c1-4-7-10-13-16-19-22-25-27-28-29-30-31-34-36-39-42-45-48-51-57(60)63-54-55(53-62-56(59)50-47-44-41-38-35-32-24-21-18-15-12-9-6-3)64-58(61)52-49-46-43-40-37-33-26-23-20-17-14-11-8-5-2/h16,19,22,25,32-33,35,37,41,44,55H,4-15,17-18,20-21,23-24,26-31,34,36,38-40,42-43,45-54H2,1-3H3/b19-16-,25-22-,35-32-,37-33-,44-41-. The van der Waals surface area contributed by atoms with Crippen molar-refractivity contribution in [2.75, 3.05) is 13.2 Å². The number of ether oxygens (including phenoxy) is 3. The summed E-state index contributed by atoms with van der Waals surface area (Å²) in [7, 11) is 0. The van der Waals surface area contributed by atoms with E-state index >= 15 is 0 Å². The average molecular weight is 895 g/mol. The van der Waals surface area contributed by atoms with E-state index < -0.39 is 6.10 Å². The number of carbonyl (C=O) groups excluding carboxylic acids is 3. The number of unbranched alkanes of at least 4 members (excludes halogenated alkanes) is 29. The predicted molar refractivity (Wildman–Crippen MR) is 275 cm³/mol. The highest BCUT2D eigenvalue weighted by Gasteiger charge is 2.19. The molecule has 0 saturated heterocycles. The van der Waals surface area contributed by atoms with E-state index in [0.717, 1.165) is 64.2 Å². The highest BCUT2D eigenvalue weighted by Crippen LogP contribution is 2.14. The van der Waals surface area contributed by atoms with Crippen molar-refractivity contribution in [2.24, 2.45) is 0 Å². The fraction of sp³-hybridized carbons (Fsp3) is 0.776. The zero-order valence-corrected chi connectivity index (χ0v) is 42.3. The van der Waals surface area contributed by atoms with E-state index in [2.05, 4.69) is 75.5 Å². The van der Waals surface area contributed by atoms with Crippen LogP contribution in [0.5, 0.6) is 0 Å². The summed E-state index contributed by atoms with van der Waals surface area (Å²) in [6.45, 7) is 6.54. The minimum atomic E-state index is -0.805. The van der Waals surface area contributed by atoms with Crippen LogP contribution in [-0.2, 0) is 28.6 Å². The lowest BCUT2D eigenvalue weighted by atomic mass is 10.1. The minimum absolute atomic E-state index is 0.0984. The Bertz CT molecular complexity index is 1170. The lowest BCUT2D eigenvalue weighted by molar-refractivity contribution is -0.166. The second kappa shape index (κ2) is 52.7. The highest BCUT2D eigenvalue weighted by atomic mass is 16.6. The molecule has 0 heterocycles. The Morgan fingerprint density at radius 2 is 0.641 bits per heavy atom. The molecule has 0 aliphatic carbocycles. The summed E-state index contributed by atoms with van der Waals surface area (Å²) in [6, 6.07) is 0. The topological polar surface area (TPSA) is 78.9 Å². The number of carbonyl (C=O) groups is 3. The number of allylic oxidation sites excluding steroid dienone is 10. The van der Waals surface area contributed by atoms with Crippen LogP contribution in [0.4, 0.5) is 0 Å². The molecule has 0 radical (unpaired) electrons. The Labute approximate surface area is 396 Å². The molecule has 0 rings (SSSR count). The van der Waals surface area contributed by atoms with Gasteiger partial charge < -0.3 is 14.2 Å². The van der Waals surface area contributed by atoms with Crippen LogP contribution in [0.2, 0.25) is 0 Å². The lowest BCUT2D eigenvalue weighted by Gasteiger charge is -2.18. The van der Waals surface area contributed by atoms with Crippen LogP contribution in [0.15, 0.2) is 60.8 Å². The highest BCUT2D eigenvalue weighted by molar-refractivity contribution is 5.71. The third-order valence-corrected chi connectivity index (χ3v) is 11.8. The number of rotatable bonds is 49. The largest absolute Gasteiger partial charge is 0.462 e. The van der Waals surface area contributed by atoms with Crippen molar-refractivity contribution in [1.29, 1.82) is 0 Å². The zero-order valence-electron chi connectivity index (χ0n) is 42.3. The van der Waals surface area contributed by atoms with E-state index in [4.69, 9.17) is 14.2 Å². The summed E-state index contributed by atoms with van der Waals surface area (Å²) in [5.74, 6) is -0.982. The zero-order chi connectivity index (χ0) is 46.5. The fourth-order valence-electron chi connectivity index (χ4n) is 7.60. The van der Waals surface area contributed by atoms with E-state index in [9.17, 15) is 14.4 Å². The normalized spacial score (nSPS) is 12.5. The van der Waals surface area contributed by atoms with Crippen molar-refractivity contribution < 1.29 is 28.6 Å². The molecule has 0 fully saturated rings. The van der Waals surface area contributed by atoms with Crippen molar-refractivity contribution >= 4 is 17.9 Å². The molecule has 6 heteroatoms. The summed E-state index contributed by atoms with van der Waals surface area (Å²) < 4.78 is 16.7. The molecule has 1 atom stereocenters. The molecule has 0 aromatic heterocycles. The monoisotopic (exact) mass is 895 g/mol. The maximum atomic E-state index is 12.8. The van der Waals surface area contributed by atoms with Crippen molar-refractivity contribution in [3.8, 4) is 0 Å². The first kappa shape index (κ1) is 61.1. The molecule has 64 heavy (non-hydrogen) atoms. The van der Waals surface area contributed by atoms with Crippen molar-refractivity contribution in [2.45, 2.75) is 277 Å². The summed E-state index contributed by atoms with van der Waals surface area (Å²) >= 11 is 0. The van der Waals surface area contributed by atoms with Gasteiger partial charge in [0.05, 0.1) is 0 Å². The quantitative estimate of drug-likeness (QED) is 0.0199. The molecular weight excluding hydrogens is 793 g/mol. The van der Waals surface area contributed by atoms with Crippen molar-refractivity contribution in [1.82, 2.24) is 0 Å². The molecule has 0 saturated carbocycles. The second-order valence-electron chi connectivity index (χ2n) is 18.2. The van der Waals surface area contributed by atoms with Crippen LogP contribution in [0.1, 0.15) is 271 Å². The number of hydrogen-bond donors (Lipinski definition) is 0. The van der Waals surface area contributed by atoms with Crippen LogP contribution in [-0.4, -0.2) is 37.2 Å². The van der Waals surface area contributed by atoms with Crippen LogP contribution in [0.25, 0.3) is 0 Å². The van der Waals surface area contributed by atoms with Gasteiger partial charge in [-0.1, -0.05) is 223 Å². The maximum Gasteiger partial charge on any atom is 0.306 e. The second-order valence-corrected chi connectivity index (χ2v) is 18.2. The third-order valence-electron chi connectivity index (χ3n) is 11.8. The van der Waals surface area contributed by atoms with Gasteiger partial charge in [0.1, 0.15) is 13.2 Å². The van der Waals surface area contributed by atoms with E-state index in [1.54, 1.807) is 0 Å². The van der Waals surface area contributed by atoms with Gasteiger partial charge in [-0.2, -0.15) is 0 Å². The summed E-state index contributed by atoms with van der Waals surface area (Å²) in [6.07, 6.45) is 65.0. The third kappa shape index (κ3) is 50.1. The van der Waals surface area contributed by atoms with Gasteiger partial charge in [-0.3, -0.25) is 14.4 Å². The molecule has 0 spiro atoms. The van der Waals surface area contributed by atoms with Crippen molar-refractivity contribution in [3.05, 3.63) is 60.8 Å². The fourth-order valence-corrected chi connectivity index (χ4v) is 7.60. The molecule has 6 nitrogen and oxygen atoms in total. The molecule has 0 aliphatic heterocycles. The molecule has 370 valence electrons. The Hall–Kier alpha value is -2.89. The Kier molecular flexibility index (Phi) is 50.4. The summed E-state index contributed by atoms with van der Waals surface area (Å²) in [5, 5.41) is 0. The smallest absolute Gasteiger partial charge is 0.306 e.